The van der Waals surface area contributed by atoms with Gasteiger partial charge >= 0.3 is 6.03 Å². The number of piperidine rings is 1. The fraction of sp³-hybridized carbons (Fsp3) is 0.818. The highest BCUT2D eigenvalue weighted by molar-refractivity contribution is 7.80. The highest BCUT2D eigenvalue weighted by Crippen LogP contribution is 2.19. The summed E-state index contributed by atoms with van der Waals surface area (Å²) in [7, 11) is 0. The summed E-state index contributed by atoms with van der Waals surface area (Å²) in [4.78, 5) is 16.6. The Morgan fingerprint density at radius 2 is 1.75 bits per heavy atom. The minimum Gasteiger partial charge on any atom is -0.393 e. The molecule has 0 aromatic carbocycles. The van der Waals surface area contributed by atoms with E-state index in [0.717, 1.165) is 45.3 Å². The normalized spacial score (nSPS) is 25.9. The van der Waals surface area contributed by atoms with E-state index < -0.39 is 0 Å². The summed E-state index contributed by atoms with van der Waals surface area (Å²) in [5.41, 5.74) is 5.66. The molecule has 90 valence electrons. The van der Waals surface area contributed by atoms with Gasteiger partial charge in [-0.1, -0.05) is 12.2 Å². The summed E-state index contributed by atoms with van der Waals surface area (Å²) in [5.74, 6) is 0.218. The molecule has 0 spiro atoms. The van der Waals surface area contributed by atoms with E-state index >= 15 is 0 Å². The standard InChI is InChI=1S/C11H19N3OS/c12-10(16)9-4-3-7-14(8-9)11(15)13-5-1-2-6-13/h9H,1-8H2,(H2,12,16). The number of urea groups is 1. The van der Waals surface area contributed by atoms with E-state index in [0.29, 0.717) is 11.5 Å². The first kappa shape index (κ1) is 11.6. The van der Waals surface area contributed by atoms with Gasteiger partial charge in [-0.05, 0) is 25.7 Å². The second-order valence-corrected chi connectivity index (χ2v) is 5.14. The molecule has 4 nitrogen and oxygen atoms in total. The van der Waals surface area contributed by atoms with Crippen LogP contribution in [0.3, 0.4) is 0 Å². The Labute approximate surface area is 102 Å². The van der Waals surface area contributed by atoms with Crippen LogP contribution >= 0.6 is 12.2 Å². The van der Waals surface area contributed by atoms with Crippen molar-refractivity contribution in [3.05, 3.63) is 0 Å². The van der Waals surface area contributed by atoms with Crippen molar-refractivity contribution in [1.82, 2.24) is 9.80 Å². The molecule has 2 aliphatic heterocycles. The van der Waals surface area contributed by atoms with Gasteiger partial charge in [0.15, 0.2) is 0 Å². The Morgan fingerprint density at radius 1 is 1.12 bits per heavy atom. The lowest BCUT2D eigenvalue weighted by molar-refractivity contribution is 0.146. The molecule has 0 radical (unpaired) electrons. The van der Waals surface area contributed by atoms with E-state index in [-0.39, 0.29) is 11.9 Å². The number of amides is 2. The summed E-state index contributed by atoms with van der Waals surface area (Å²) >= 11 is 5.02. The Balaban J connectivity index is 1.93. The number of rotatable bonds is 1. The van der Waals surface area contributed by atoms with E-state index in [2.05, 4.69) is 0 Å². The maximum atomic E-state index is 12.1. The van der Waals surface area contributed by atoms with Gasteiger partial charge < -0.3 is 15.5 Å². The molecule has 0 aliphatic carbocycles. The van der Waals surface area contributed by atoms with Gasteiger partial charge in [0, 0.05) is 32.1 Å². The van der Waals surface area contributed by atoms with Gasteiger partial charge in [-0.15, -0.1) is 0 Å². The first-order valence-corrected chi connectivity index (χ1v) is 6.42. The zero-order valence-corrected chi connectivity index (χ0v) is 10.3. The molecule has 0 saturated carbocycles. The Hall–Kier alpha value is -0.840. The van der Waals surface area contributed by atoms with Crippen molar-refractivity contribution in [2.24, 2.45) is 11.7 Å². The maximum absolute atomic E-state index is 12.1. The molecule has 0 aromatic rings. The molecule has 1 unspecified atom stereocenters. The monoisotopic (exact) mass is 241 g/mol. The molecule has 16 heavy (non-hydrogen) atoms. The average molecular weight is 241 g/mol. The van der Waals surface area contributed by atoms with Gasteiger partial charge in [-0.2, -0.15) is 0 Å². The first-order chi connectivity index (χ1) is 7.68. The predicted molar refractivity (Wildman–Crippen MR) is 67.3 cm³/mol. The zero-order chi connectivity index (χ0) is 11.5. The third-order valence-corrected chi connectivity index (χ3v) is 3.80. The van der Waals surface area contributed by atoms with Gasteiger partial charge in [0.1, 0.15) is 0 Å². The largest absolute Gasteiger partial charge is 0.393 e. The minimum absolute atomic E-state index is 0.179. The maximum Gasteiger partial charge on any atom is 0.320 e. The number of nitrogens with two attached hydrogens (primary N) is 1. The molecule has 1 atom stereocenters. The van der Waals surface area contributed by atoms with Crippen LogP contribution in [-0.2, 0) is 0 Å². The Kier molecular flexibility index (Phi) is 3.63. The lowest BCUT2D eigenvalue weighted by Gasteiger charge is -2.34. The van der Waals surface area contributed by atoms with Crippen LogP contribution in [0.15, 0.2) is 0 Å². The molecule has 2 rings (SSSR count). The predicted octanol–water partition coefficient (Wildman–Crippen LogP) is 1.20. The highest BCUT2D eigenvalue weighted by atomic mass is 32.1. The van der Waals surface area contributed by atoms with Crippen LogP contribution in [-0.4, -0.2) is 47.0 Å². The van der Waals surface area contributed by atoms with Crippen LogP contribution in [0, 0.1) is 5.92 Å². The number of carbonyl (C=O) groups is 1. The zero-order valence-electron chi connectivity index (χ0n) is 9.52. The van der Waals surface area contributed by atoms with Crippen molar-refractivity contribution in [3.63, 3.8) is 0 Å². The molecule has 2 fully saturated rings. The summed E-state index contributed by atoms with van der Waals surface area (Å²) in [6, 6.07) is 0.179. The SMILES string of the molecule is NC(=S)C1CCCN(C(=O)N2CCCC2)C1. The summed E-state index contributed by atoms with van der Waals surface area (Å²) in [6.07, 6.45) is 4.32. The number of hydrogen-bond donors (Lipinski definition) is 1. The van der Waals surface area contributed by atoms with Crippen LogP contribution in [0.25, 0.3) is 0 Å². The minimum atomic E-state index is 0.179. The Bertz CT molecular complexity index is 289. The average Bonchev–Trinajstić information content (AvgIpc) is 2.81. The second kappa shape index (κ2) is 4.99. The van der Waals surface area contributed by atoms with Gasteiger partial charge in [0.25, 0.3) is 0 Å². The van der Waals surface area contributed by atoms with Crippen LogP contribution in [0.5, 0.6) is 0 Å². The van der Waals surface area contributed by atoms with Gasteiger partial charge in [-0.25, -0.2) is 4.79 Å². The molecule has 0 aromatic heterocycles. The van der Waals surface area contributed by atoms with Crippen LogP contribution in [0.4, 0.5) is 4.79 Å². The number of thiocarbonyl (C=S) groups is 1. The molecule has 2 aliphatic rings. The van der Waals surface area contributed by atoms with Crippen molar-refractivity contribution in [3.8, 4) is 0 Å². The highest BCUT2D eigenvalue weighted by Gasteiger charge is 2.29. The van der Waals surface area contributed by atoms with E-state index in [1.807, 2.05) is 9.80 Å². The van der Waals surface area contributed by atoms with Gasteiger partial charge in [-0.3, -0.25) is 0 Å². The van der Waals surface area contributed by atoms with Crippen LogP contribution in [0.1, 0.15) is 25.7 Å². The smallest absolute Gasteiger partial charge is 0.320 e. The van der Waals surface area contributed by atoms with E-state index in [4.69, 9.17) is 18.0 Å². The molecule has 0 bridgehead atoms. The lowest BCUT2D eigenvalue weighted by atomic mass is 9.98. The van der Waals surface area contributed by atoms with E-state index in [1.165, 1.54) is 0 Å². The van der Waals surface area contributed by atoms with Crippen molar-refractivity contribution in [2.75, 3.05) is 26.2 Å². The van der Waals surface area contributed by atoms with Crippen molar-refractivity contribution >= 4 is 23.2 Å². The summed E-state index contributed by atoms with van der Waals surface area (Å²) in [5, 5.41) is 0. The van der Waals surface area contributed by atoms with Gasteiger partial charge in [0.2, 0.25) is 0 Å². The molecule has 5 heteroatoms. The quantitative estimate of drug-likeness (QED) is 0.702. The van der Waals surface area contributed by atoms with E-state index in [9.17, 15) is 4.79 Å². The number of hydrogen-bond acceptors (Lipinski definition) is 2. The molecule has 2 heterocycles. The van der Waals surface area contributed by atoms with E-state index in [1.54, 1.807) is 0 Å². The van der Waals surface area contributed by atoms with Gasteiger partial charge in [0.05, 0.1) is 4.99 Å². The fourth-order valence-corrected chi connectivity index (χ4v) is 2.68. The molecule has 2 N–H and O–H groups in total. The second-order valence-electron chi connectivity index (χ2n) is 4.66. The molecule has 2 saturated heterocycles. The Morgan fingerprint density at radius 3 is 2.38 bits per heavy atom. The fourth-order valence-electron chi connectivity index (χ4n) is 2.49. The number of nitrogens with zero attached hydrogens (tertiary/aromatic N) is 2. The van der Waals surface area contributed by atoms with Crippen molar-refractivity contribution in [1.29, 1.82) is 0 Å². The van der Waals surface area contributed by atoms with Crippen LogP contribution in [0.2, 0.25) is 0 Å². The molecule has 2 amide bonds. The summed E-state index contributed by atoms with van der Waals surface area (Å²) in [6.45, 7) is 3.39. The third-order valence-electron chi connectivity index (χ3n) is 3.47. The molecular weight excluding hydrogens is 222 g/mol. The number of carbonyl (C=O) groups excluding carboxylic acids is 1. The van der Waals surface area contributed by atoms with Crippen LogP contribution < -0.4 is 5.73 Å². The van der Waals surface area contributed by atoms with Crippen molar-refractivity contribution < 1.29 is 4.79 Å². The first-order valence-electron chi connectivity index (χ1n) is 6.01. The number of likely N-dealkylation sites (tertiary alicyclic amines) is 2. The van der Waals surface area contributed by atoms with Crippen molar-refractivity contribution in [2.45, 2.75) is 25.7 Å². The topological polar surface area (TPSA) is 49.6 Å². The third kappa shape index (κ3) is 2.45. The lowest BCUT2D eigenvalue weighted by Crippen LogP contribution is -2.48. The molecular formula is C11H19N3OS. The summed E-state index contributed by atoms with van der Waals surface area (Å²) < 4.78 is 0.